The molecule has 1 amide bonds. The standard InChI is InChI=1S/C32H43ClFN3O3/c1-19-8-9-23(14-20(19)2)15-28(31(39)40)35-12-13-36(21(3)17-35)30(38)29-22(4)37(32(5,6)7)18-26(29)25-11-10-24(33)16-27(25)34/h8-11,14,16,21-22,26,28-29H,12-13,15,17-18H2,1-7H3,(H,39,40)/t21?,22-,26+,28+,29-/m1/s1. The Kier molecular flexibility index (Phi) is 8.98. The summed E-state index contributed by atoms with van der Waals surface area (Å²) in [5.41, 5.74) is 3.65. The van der Waals surface area contributed by atoms with Crippen LogP contribution in [0.5, 0.6) is 0 Å². The fourth-order valence-corrected chi connectivity index (χ4v) is 6.85. The number of rotatable bonds is 6. The molecule has 2 aliphatic rings. The van der Waals surface area contributed by atoms with Crippen molar-refractivity contribution in [3.8, 4) is 0 Å². The second-order valence-electron chi connectivity index (χ2n) is 12.7. The van der Waals surface area contributed by atoms with Gasteiger partial charge in [-0.3, -0.25) is 19.4 Å². The van der Waals surface area contributed by atoms with Crippen LogP contribution in [0.15, 0.2) is 36.4 Å². The number of piperazine rings is 1. The Labute approximate surface area is 243 Å². The van der Waals surface area contributed by atoms with E-state index in [2.05, 4.69) is 38.7 Å². The molecule has 0 radical (unpaired) electrons. The molecule has 2 aromatic rings. The summed E-state index contributed by atoms with van der Waals surface area (Å²) in [6.07, 6.45) is 0.412. The zero-order valence-corrected chi connectivity index (χ0v) is 25.5. The third kappa shape index (κ3) is 6.22. The predicted octanol–water partition coefficient (Wildman–Crippen LogP) is 5.53. The Hall–Kier alpha value is -2.48. The molecule has 0 saturated carbocycles. The average Bonchev–Trinajstić information content (AvgIpc) is 3.21. The molecule has 4 rings (SSSR count). The molecule has 2 fully saturated rings. The van der Waals surface area contributed by atoms with Gasteiger partial charge in [-0.2, -0.15) is 0 Å². The van der Waals surface area contributed by atoms with Crippen LogP contribution in [0.2, 0.25) is 5.02 Å². The highest BCUT2D eigenvalue weighted by Crippen LogP contribution is 2.43. The molecule has 2 aliphatic heterocycles. The summed E-state index contributed by atoms with van der Waals surface area (Å²) in [4.78, 5) is 32.8. The molecule has 0 aromatic heterocycles. The summed E-state index contributed by atoms with van der Waals surface area (Å²) in [5, 5.41) is 10.5. The first-order chi connectivity index (χ1) is 18.7. The lowest BCUT2D eigenvalue weighted by molar-refractivity contribution is -0.147. The van der Waals surface area contributed by atoms with E-state index in [1.165, 1.54) is 11.6 Å². The zero-order chi connectivity index (χ0) is 29.5. The first-order valence-corrected chi connectivity index (χ1v) is 14.6. The van der Waals surface area contributed by atoms with Crippen LogP contribution in [0.1, 0.15) is 62.8 Å². The van der Waals surface area contributed by atoms with E-state index in [-0.39, 0.29) is 35.3 Å². The largest absolute Gasteiger partial charge is 0.480 e. The van der Waals surface area contributed by atoms with Crippen LogP contribution in [-0.2, 0) is 16.0 Å². The Morgan fingerprint density at radius 3 is 2.33 bits per heavy atom. The summed E-state index contributed by atoms with van der Waals surface area (Å²) >= 11 is 6.05. The van der Waals surface area contributed by atoms with Gasteiger partial charge in [-0.25, -0.2) is 4.39 Å². The molecular weight excluding hydrogens is 529 g/mol. The van der Waals surface area contributed by atoms with Crippen molar-refractivity contribution in [2.45, 2.75) is 84.5 Å². The molecule has 0 spiro atoms. The summed E-state index contributed by atoms with van der Waals surface area (Å²) in [6, 6.07) is 9.90. The number of aryl methyl sites for hydroxylation is 2. The van der Waals surface area contributed by atoms with Crippen molar-refractivity contribution in [2.24, 2.45) is 5.92 Å². The van der Waals surface area contributed by atoms with Crippen molar-refractivity contribution in [3.63, 3.8) is 0 Å². The third-order valence-corrected chi connectivity index (χ3v) is 9.25. The van der Waals surface area contributed by atoms with Gasteiger partial charge in [-0.05, 0) is 89.3 Å². The molecule has 6 nitrogen and oxygen atoms in total. The van der Waals surface area contributed by atoms with Gasteiger partial charge in [0.2, 0.25) is 5.91 Å². The summed E-state index contributed by atoms with van der Waals surface area (Å²) < 4.78 is 15.2. The summed E-state index contributed by atoms with van der Waals surface area (Å²) in [7, 11) is 0. The predicted molar refractivity (Wildman–Crippen MR) is 157 cm³/mol. The van der Waals surface area contributed by atoms with Gasteiger partial charge < -0.3 is 10.0 Å². The van der Waals surface area contributed by atoms with Crippen LogP contribution in [0.3, 0.4) is 0 Å². The van der Waals surface area contributed by atoms with Crippen molar-refractivity contribution in [1.82, 2.24) is 14.7 Å². The van der Waals surface area contributed by atoms with Crippen molar-refractivity contribution in [2.75, 3.05) is 26.2 Å². The number of likely N-dealkylation sites (tertiary alicyclic amines) is 1. The second kappa shape index (κ2) is 11.8. The van der Waals surface area contributed by atoms with E-state index in [9.17, 15) is 14.7 Å². The lowest BCUT2D eigenvalue weighted by Gasteiger charge is -2.44. The van der Waals surface area contributed by atoms with Crippen molar-refractivity contribution >= 4 is 23.5 Å². The van der Waals surface area contributed by atoms with Gasteiger partial charge in [-0.1, -0.05) is 35.9 Å². The maximum atomic E-state index is 15.2. The topological polar surface area (TPSA) is 64.1 Å². The molecule has 2 saturated heterocycles. The van der Waals surface area contributed by atoms with Crippen LogP contribution in [-0.4, -0.2) is 81.5 Å². The number of halogens is 2. The number of amides is 1. The molecule has 218 valence electrons. The van der Waals surface area contributed by atoms with Crippen molar-refractivity contribution < 1.29 is 19.1 Å². The maximum Gasteiger partial charge on any atom is 0.321 e. The number of aliphatic carboxylic acids is 1. The van der Waals surface area contributed by atoms with E-state index in [1.54, 1.807) is 12.1 Å². The highest BCUT2D eigenvalue weighted by atomic mass is 35.5. The van der Waals surface area contributed by atoms with Gasteiger partial charge in [0.15, 0.2) is 0 Å². The second-order valence-corrected chi connectivity index (χ2v) is 13.2. The van der Waals surface area contributed by atoms with E-state index in [0.717, 1.165) is 11.1 Å². The molecular formula is C32H43ClFN3O3. The Morgan fingerprint density at radius 1 is 1.05 bits per heavy atom. The molecule has 2 heterocycles. The van der Waals surface area contributed by atoms with Crippen LogP contribution in [0, 0.1) is 25.6 Å². The van der Waals surface area contributed by atoms with Crippen molar-refractivity contribution in [1.29, 1.82) is 0 Å². The van der Waals surface area contributed by atoms with Crippen molar-refractivity contribution in [3.05, 3.63) is 69.5 Å². The number of carboxylic acids is 1. The molecule has 0 bridgehead atoms. The number of carbonyl (C=O) groups excluding carboxylic acids is 1. The van der Waals surface area contributed by atoms with Gasteiger partial charge >= 0.3 is 5.97 Å². The van der Waals surface area contributed by atoms with E-state index in [1.807, 2.05) is 42.7 Å². The Bertz CT molecular complexity index is 1260. The minimum absolute atomic E-state index is 0.00628. The minimum atomic E-state index is -0.853. The first-order valence-electron chi connectivity index (χ1n) is 14.2. The van der Waals surface area contributed by atoms with E-state index in [0.29, 0.717) is 43.2 Å². The molecule has 8 heteroatoms. The zero-order valence-electron chi connectivity index (χ0n) is 24.7. The van der Waals surface area contributed by atoms with E-state index >= 15 is 4.39 Å². The fourth-order valence-electron chi connectivity index (χ4n) is 6.69. The molecule has 40 heavy (non-hydrogen) atoms. The Balaban J connectivity index is 1.55. The SMILES string of the molecule is Cc1ccc(C[C@@H](C(=O)O)N2CCN(C(=O)[C@@H]3[C@@H](C)N(C(C)(C)C)C[C@H]3c3ccc(Cl)cc3F)C(C)C2)cc1C. The lowest BCUT2D eigenvalue weighted by Crippen LogP contribution is -2.60. The highest BCUT2D eigenvalue weighted by Gasteiger charge is 2.50. The number of carboxylic acid groups (broad SMARTS) is 1. The van der Waals surface area contributed by atoms with E-state index in [4.69, 9.17) is 11.6 Å². The molecule has 5 atom stereocenters. The number of hydrogen-bond acceptors (Lipinski definition) is 4. The van der Waals surface area contributed by atoms with E-state index < -0.39 is 17.9 Å². The monoisotopic (exact) mass is 571 g/mol. The smallest absolute Gasteiger partial charge is 0.321 e. The average molecular weight is 572 g/mol. The lowest BCUT2D eigenvalue weighted by atomic mass is 9.83. The Morgan fingerprint density at radius 2 is 1.75 bits per heavy atom. The van der Waals surface area contributed by atoms with Crippen LogP contribution in [0.4, 0.5) is 4.39 Å². The van der Waals surface area contributed by atoms with Gasteiger partial charge in [-0.15, -0.1) is 0 Å². The van der Waals surface area contributed by atoms with Crippen LogP contribution < -0.4 is 0 Å². The quantitative estimate of drug-likeness (QED) is 0.494. The molecule has 0 aliphatic carbocycles. The molecule has 1 N–H and O–H groups in total. The van der Waals surface area contributed by atoms with Gasteiger partial charge in [0, 0.05) is 54.7 Å². The fraction of sp³-hybridized carbons (Fsp3) is 0.562. The van der Waals surface area contributed by atoms with Crippen LogP contribution in [0.25, 0.3) is 0 Å². The number of hydrogen-bond donors (Lipinski definition) is 1. The van der Waals surface area contributed by atoms with Gasteiger partial charge in [0.25, 0.3) is 0 Å². The third-order valence-electron chi connectivity index (χ3n) is 9.02. The first kappa shape index (κ1) is 30.5. The van der Waals surface area contributed by atoms with Gasteiger partial charge in [0.05, 0.1) is 5.92 Å². The minimum Gasteiger partial charge on any atom is -0.480 e. The normalized spacial score (nSPS) is 25.3. The number of benzene rings is 2. The van der Waals surface area contributed by atoms with Crippen LogP contribution >= 0.6 is 11.6 Å². The maximum absolute atomic E-state index is 15.2. The number of nitrogens with zero attached hydrogens (tertiary/aromatic N) is 3. The summed E-state index contributed by atoms with van der Waals surface area (Å²) in [6.45, 7) is 16.4. The molecule has 1 unspecified atom stereocenters. The number of carbonyl (C=O) groups is 2. The summed E-state index contributed by atoms with van der Waals surface area (Å²) in [5.74, 6) is -1.96. The highest BCUT2D eigenvalue weighted by molar-refractivity contribution is 6.30. The molecule has 2 aromatic carbocycles. The van der Waals surface area contributed by atoms with Gasteiger partial charge in [0.1, 0.15) is 11.9 Å².